The van der Waals surface area contributed by atoms with Crippen LogP contribution in [0.1, 0.15) is 33.9 Å². The summed E-state index contributed by atoms with van der Waals surface area (Å²) >= 11 is 1.37. The first-order valence-corrected chi connectivity index (χ1v) is 10.3. The molecule has 0 saturated carbocycles. The van der Waals surface area contributed by atoms with Crippen LogP contribution in [0, 0.1) is 5.92 Å². The van der Waals surface area contributed by atoms with E-state index in [9.17, 15) is 9.59 Å². The molecule has 0 bridgehead atoms. The van der Waals surface area contributed by atoms with E-state index in [1.165, 1.54) is 11.3 Å². The lowest BCUT2D eigenvalue weighted by molar-refractivity contribution is -0.0612. The van der Waals surface area contributed by atoms with Gasteiger partial charge in [0.1, 0.15) is 12.7 Å². The Bertz CT molecular complexity index is 791. The van der Waals surface area contributed by atoms with E-state index in [-0.39, 0.29) is 18.6 Å². The smallest absolute Gasteiger partial charge is 0.338 e. The fourth-order valence-electron chi connectivity index (χ4n) is 3.14. The number of hydrogen-bond donors (Lipinski definition) is 1. The second kappa shape index (κ2) is 9.82. The van der Waals surface area contributed by atoms with Gasteiger partial charge in [0.2, 0.25) is 0 Å². The van der Waals surface area contributed by atoms with Crippen LogP contribution in [-0.2, 0) is 9.47 Å². The summed E-state index contributed by atoms with van der Waals surface area (Å²) < 4.78 is 11.2. The van der Waals surface area contributed by atoms with E-state index < -0.39 is 5.97 Å². The number of benzene rings is 1. The second-order valence-electron chi connectivity index (χ2n) is 7.26. The van der Waals surface area contributed by atoms with Gasteiger partial charge in [-0.2, -0.15) is 0 Å². The minimum absolute atomic E-state index is 0.113. The van der Waals surface area contributed by atoms with Crippen LogP contribution in [0.3, 0.4) is 0 Å². The molecule has 1 N–H and O–H groups in total. The molecule has 1 amide bonds. The first kappa shape index (κ1) is 20.5. The zero-order valence-corrected chi connectivity index (χ0v) is 17.0. The average molecular weight is 403 g/mol. The normalized spacial score (nSPS) is 17.5. The third-order valence-electron chi connectivity index (χ3n) is 4.35. The van der Waals surface area contributed by atoms with Gasteiger partial charge >= 0.3 is 5.97 Å². The third kappa shape index (κ3) is 5.89. The van der Waals surface area contributed by atoms with E-state index in [1.807, 2.05) is 11.4 Å². The van der Waals surface area contributed by atoms with Crippen molar-refractivity contribution in [3.8, 4) is 0 Å². The number of thiophene rings is 1. The largest absolute Gasteiger partial charge is 0.459 e. The zero-order chi connectivity index (χ0) is 19.9. The SMILES string of the molecule is CC(C)CN1CCOC(COC(=O)c2cccc(NC(=O)c3cccs3)c2)C1. The fourth-order valence-corrected chi connectivity index (χ4v) is 3.76. The molecule has 0 radical (unpaired) electrons. The summed E-state index contributed by atoms with van der Waals surface area (Å²) in [5.41, 5.74) is 0.962. The van der Waals surface area contributed by atoms with Crippen molar-refractivity contribution in [3.05, 3.63) is 52.2 Å². The summed E-state index contributed by atoms with van der Waals surface area (Å²) in [6.45, 7) is 7.94. The molecule has 0 aliphatic carbocycles. The van der Waals surface area contributed by atoms with Crippen LogP contribution in [0.25, 0.3) is 0 Å². The van der Waals surface area contributed by atoms with E-state index in [2.05, 4.69) is 24.1 Å². The van der Waals surface area contributed by atoms with Crippen molar-refractivity contribution in [1.82, 2.24) is 4.90 Å². The van der Waals surface area contributed by atoms with Crippen molar-refractivity contribution < 1.29 is 19.1 Å². The van der Waals surface area contributed by atoms with E-state index in [0.29, 0.717) is 28.7 Å². The summed E-state index contributed by atoms with van der Waals surface area (Å²) in [5.74, 6) is -0.0217. The predicted octanol–water partition coefficient (Wildman–Crippen LogP) is 3.51. The zero-order valence-electron chi connectivity index (χ0n) is 16.2. The molecule has 7 heteroatoms. The third-order valence-corrected chi connectivity index (χ3v) is 5.22. The molecule has 2 heterocycles. The van der Waals surface area contributed by atoms with Crippen LogP contribution in [0.4, 0.5) is 5.69 Å². The van der Waals surface area contributed by atoms with Crippen LogP contribution in [0.15, 0.2) is 41.8 Å². The maximum atomic E-state index is 12.4. The van der Waals surface area contributed by atoms with E-state index in [1.54, 1.807) is 30.3 Å². The molecule has 1 fully saturated rings. The highest BCUT2D eigenvalue weighted by atomic mass is 32.1. The number of nitrogens with zero attached hydrogens (tertiary/aromatic N) is 1. The Morgan fingerprint density at radius 2 is 2.18 bits per heavy atom. The molecule has 3 rings (SSSR count). The van der Waals surface area contributed by atoms with Crippen molar-refractivity contribution in [1.29, 1.82) is 0 Å². The molecule has 1 aliphatic rings. The minimum Gasteiger partial charge on any atom is -0.459 e. The van der Waals surface area contributed by atoms with Crippen LogP contribution >= 0.6 is 11.3 Å². The first-order chi connectivity index (χ1) is 13.5. The molecule has 1 atom stereocenters. The quantitative estimate of drug-likeness (QED) is 0.718. The maximum Gasteiger partial charge on any atom is 0.338 e. The number of morpholine rings is 1. The number of carbonyl (C=O) groups excluding carboxylic acids is 2. The van der Waals surface area contributed by atoms with Crippen molar-refractivity contribution in [2.24, 2.45) is 5.92 Å². The van der Waals surface area contributed by atoms with E-state index >= 15 is 0 Å². The Balaban J connectivity index is 1.52. The summed E-state index contributed by atoms with van der Waals surface area (Å²) in [6, 6.07) is 10.4. The number of anilines is 1. The Morgan fingerprint density at radius 3 is 2.93 bits per heavy atom. The Kier molecular flexibility index (Phi) is 7.19. The monoisotopic (exact) mass is 402 g/mol. The van der Waals surface area contributed by atoms with Gasteiger partial charge in [-0.05, 0) is 35.6 Å². The number of ether oxygens (including phenoxy) is 2. The molecule has 1 saturated heterocycles. The Morgan fingerprint density at radius 1 is 1.32 bits per heavy atom. The van der Waals surface area contributed by atoms with Gasteiger partial charge < -0.3 is 14.8 Å². The Labute approximate surface area is 169 Å². The van der Waals surface area contributed by atoms with Crippen LogP contribution < -0.4 is 5.32 Å². The molecule has 1 aliphatic heterocycles. The number of carbonyl (C=O) groups is 2. The van der Waals surface area contributed by atoms with E-state index in [4.69, 9.17) is 9.47 Å². The fraction of sp³-hybridized carbons (Fsp3) is 0.429. The highest BCUT2D eigenvalue weighted by Gasteiger charge is 2.22. The van der Waals surface area contributed by atoms with Gasteiger partial charge in [0, 0.05) is 25.3 Å². The van der Waals surface area contributed by atoms with Crippen molar-refractivity contribution in [2.45, 2.75) is 20.0 Å². The molecule has 0 spiro atoms. The van der Waals surface area contributed by atoms with Crippen LogP contribution in [0.2, 0.25) is 0 Å². The minimum atomic E-state index is -0.420. The van der Waals surface area contributed by atoms with Crippen LogP contribution in [-0.4, -0.2) is 55.7 Å². The van der Waals surface area contributed by atoms with Crippen molar-refractivity contribution >= 4 is 28.9 Å². The lowest BCUT2D eigenvalue weighted by atomic mass is 10.2. The molecule has 1 aromatic carbocycles. The molecule has 28 heavy (non-hydrogen) atoms. The van der Waals surface area contributed by atoms with Gasteiger partial charge in [-0.3, -0.25) is 9.69 Å². The molecule has 1 aromatic heterocycles. The summed E-state index contributed by atoms with van der Waals surface area (Å²) in [5, 5.41) is 4.65. The number of hydrogen-bond acceptors (Lipinski definition) is 6. The second-order valence-corrected chi connectivity index (χ2v) is 8.20. The predicted molar refractivity (Wildman–Crippen MR) is 110 cm³/mol. The highest BCUT2D eigenvalue weighted by molar-refractivity contribution is 7.12. The summed E-state index contributed by atoms with van der Waals surface area (Å²) in [7, 11) is 0. The Hall–Kier alpha value is -2.22. The molecular formula is C21H26N2O4S. The van der Waals surface area contributed by atoms with Gasteiger partial charge in [0.25, 0.3) is 5.91 Å². The number of amides is 1. The topological polar surface area (TPSA) is 67.9 Å². The maximum absolute atomic E-state index is 12.4. The van der Waals surface area contributed by atoms with Crippen molar-refractivity contribution in [2.75, 3.05) is 38.2 Å². The number of rotatable bonds is 7. The summed E-state index contributed by atoms with van der Waals surface area (Å²) in [4.78, 5) is 27.5. The van der Waals surface area contributed by atoms with Gasteiger partial charge in [0.15, 0.2) is 0 Å². The first-order valence-electron chi connectivity index (χ1n) is 9.47. The van der Waals surface area contributed by atoms with Crippen molar-refractivity contribution in [3.63, 3.8) is 0 Å². The van der Waals surface area contributed by atoms with Gasteiger partial charge in [-0.25, -0.2) is 4.79 Å². The molecule has 6 nitrogen and oxygen atoms in total. The molecule has 150 valence electrons. The molecular weight excluding hydrogens is 376 g/mol. The van der Waals surface area contributed by atoms with Gasteiger partial charge in [0.05, 0.1) is 17.0 Å². The average Bonchev–Trinajstić information content (AvgIpc) is 3.21. The van der Waals surface area contributed by atoms with Crippen LogP contribution in [0.5, 0.6) is 0 Å². The van der Waals surface area contributed by atoms with E-state index in [0.717, 1.165) is 19.6 Å². The summed E-state index contributed by atoms with van der Waals surface area (Å²) in [6.07, 6.45) is -0.113. The van der Waals surface area contributed by atoms with Gasteiger partial charge in [-0.1, -0.05) is 26.0 Å². The number of esters is 1. The highest BCUT2D eigenvalue weighted by Crippen LogP contribution is 2.16. The standard InChI is InChI=1S/C21H26N2O4S/c1-15(2)12-23-8-9-26-18(13-23)14-27-21(25)16-5-3-6-17(11-16)22-20(24)19-7-4-10-28-19/h3-7,10-11,15,18H,8-9,12-14H2,1-2H3,(H,22,24). The lowest BCUT2D eigenvalue weighted by Gasteiger charge is -2.33. The molecule has 1 unspecified atom stereocenters. The molecule has 2 aromatic rings. The lowest BCUT2D eigenvalue weighted by Crippen LogP contribution is -2.45. The number of nitrogens with one attached hydrogen (secondary N) is 1. The van der Waals surface area contributed by atoms with Gasteiger partial charge in [-0.15, -0.1) is 11.3 Å².